The molecule has 1 aromatic carbocycles. The maximum Gasteiger partial charge on any atom is 0.404 e. The monoisotopic (exact) mass is 459 g/mol. The van der Waals surface area contributed by atoms with E-state index in [1.807, 2.05) is 25.1 Å². The van der Waals surface area contributed by atoms with Gasteiger partial charge in [-0.3, -0.25) is 9.69 Å². The highest BCUT2D eigenvalue weighted by Gasteiger charge is 2.39. The van der Waals surface area contributed by atoms with Crippen LogP contribution in [0, 0.1) is 25.7 Å². The lowest BCUT2D eigenvalue weighted by Crippen LogP contribution is -2.43. The van der Waals surface area contributed by atoms with Gasteiger partial charge in [0.15, 0.2) is 0 Å². The molecular weight excluding hydrogens is 418 g/mol. The van der Waals surface area contributed by atoms with Gasteiger partial charge in [0.05, 0.1) is 6.61 Å². The second-order valence-corrected chi connectivity index (χ2v) is 9.77. The highest BCUT2D eigenvalue weighted by molar-refractivity contribution is 5.95. The van der Waals surface area contributed by atoms with Gasteiger partial charge < -0.3 is 20.8 Å². The van der Waals surface area contributed by atoms with Crippen LogP contribution in [0.15, 0.2) is 18.2 Å². The molecule has 2 fully saturated rings. The number of nitrogens with zero attached hydrogens (tertiary/aromatic N) is 1. The second-order valence-electron chi connectivity index (χ2n) is 9.77. The van der Waals surface area contributed by atoms with Crippen LogP contribution in [-0.4, -0.2) is 59.9 Å². The van der Waals surface area contributed by atoms with Crippen molar-refractivity contribution < 1.29 is 19.8 Å². The molecule has 33 heavy (non-hydrogen) atoms. The topological polar surface area (TPSA) is 102 Å². The van der Waals surface area contributed by atoms with Gasteiger partial charge in [-0.15, -0.1) is 0 Å². The zero-order valence-electron chi connectivity index (χ0n) is 20.1. The number of rotatable bonds is 11. The normalized spacial score (nSPS) is 21.8. The van der Waals surface area contributed by atoms with Crippen LogP contribution in [0.25, 0.3) is 0 Å². The van der Waals surface area contributed by atoms with Crippen LogP contribution in [0.5, 0.6) is 0 Å². The van der Waals surface area contributed by atoms with Gasteiger partial charge in [0.2, 0.25) is 0 Å². The Kier molecular flexibility index (Phi) is 10.6. The fraction of sp³-hybridized carbons (Fsp3) is 0.654. The lowest BCUT2D eigenvalue weighted by atomic mass is 9.62. The molecule has 0 spiro atoms. The van der Waals surface area contributed by atoms with E-state index in [1.54, 1.807) is 0 Å². The summed E-state index contributed by atoms with van der Waals surface area (Å²) >= 11 is 0. The summed E-state index contributed by atoms with van der Waals surface area (Å²) in [7, 11) is 0. The molecule has 2 radical (unpaired) electrons. The first kappa shape index (κ1) is 27.1. The van der Waals surface area contributed by atoms with Crippen LogP contribution in [-0.2, 0) is 6.54 Å². The predicted molar refractivity (Wildman–Crippen MR) is 130 cm³/mol. The Balaban J connectivity index is 0.00000385. The molecule has 0 atom stereocenters. The minimum Gasteiger partial charge on any atom is -0.465 e. The molecule has 2 saturated carbocycles. The van der Waals surface area contributed by atoms with E-state index in [2.05, 4.69) is 15.5 Å². The Hall–Kier alpha value is -2.12. The standard InChI is InChI=1S/C25H39N3O4.CH2/c1-19-7-8-21(17-28(13-14-29)12-4-11-26-24(31)32)15-22(19)23(30)27-18-25-9-2-5-20(16-25)6-3-10-25;/h7-8,15,20,26,29H,2-6,9-14,16-18H2,1H3,(H,27,30)(H,31,32);1H2. The summed E-state index contributed by atoms with van der Waals surface area (Å²) in [5, 5.41) is 23.7. The van der Waals surface area contributed by atoms with Gasteiger partial charge in [0, 0.05) is 38.3 Å². The first-order valence-electron chi connectivity index (χ1n) is 12.1. The van der Waals surface area contributed by atoms with E-state index in [1.165, 1.54) is 44.9 Å². The molecule has 2 aliphatic rings. The summed E-state index contributed by atoms with van der Waals surface area (Å²) in [6.45, 7) is 4.94. The average molecular weight is 460 g/mol. The maximum absolute atomic E-state index is 13.1. The van der Waals surface area contributed by atoms with Crippen LogP contribution < -0.4 is 10.6 Å². The molecule has 1 aromatic rings. The van der Waals surface area contributed by atoms with E-state index in [9.17, 15) is 14.7 Å². The Labute approximate surface area is 198 Å². The number of aliphatic hydroxyl groups excluding tert-OH is 1. The number of nitrogens with one attached hydrogen (secondary N) is 2. The van der Waals surface area contributed by atoms with Crippen molar-refractivity contribution in [3.63, 3.8) is 0 Å². The van der Waals surface area contributed by atoms with Crippen LogP contribution in [0.1, 0.15) is 72.9 Å². The molecule has 4 N–H and O–H groups in total. The van der Waals surface area contributed by atoms with Crippen molar-refractivity contribution in [2.24, 2.45) is 11.3 Å². The zero-order valence-corrected chi connectivity index (χ0v) is 20.1. The third-order valence-corrected chi connectivity index (χ3v) is 7.28. The largest absolute Gasteiger partial charge is 0.465 e. The Bertz CT molecular complexity index is 773. The highest BCUT2D eigenvalue weighted by Crippen LogP contribution is 2.48. The van der Waals surface area contributed by atoms with Crippen molar-refractivity contribution >= 4 is 12.0 Å². The predicted octanol–water partition coefficient (Wildman–Crippen LogP) is 3.86. The lowest BCUT2D eigenvalue weighted by Gasteiger charge is -2.45. The van der Waals surface area contributed by atoms with Gasteiger partial charge in [0.25, 0.3) is 5.91 Å². The number of carbonyl (C=O) groups is 2. The number of aliphatic hydroxyl groups is 1. The van der Waals surface area contributed by atoms with E-state index >= 15 is 0 Å². The van der Waals surface area contributed by atoms with E-state index in [0.29, 0.717) is 38.0 Å². The summed E-state index contributed by atoms with van der Waals surface area (Å²) in [5.41, 5.74) is 3.00. The molecule has 0 heterocycles. The molecule has 0 unspecified atom stereocenters. The molecule has 0 aromatic heterocycles. The number of carbonyl (C=O) groups excluding carboxylic acids is 1. The number of carboxylic acid groups (broad SMARTS) is 1. The average Bonchev–Trinajstić information content (AvgIpc) is 2.76. The van der Waals surface area contributed by atoms with Gasteiger partial charge in [-0.05, 0) is 61.1 Å². The molecule has 184 valence electrons. The second kappa shape index (κ2) is 12.9. The lowest BCUT2D eigenvalue weighted by molar-refractivity contribution is 0.0681. The minimum atomic E-state index is -1.02. The molecule has 0 aliphatic heterocycles. The third-order valence-electron chi connectivity index (χ3n) is 7.28. The quantitative estimate of drug-likeness (QED) is 0.376. The molecule has 2 bridgehead atoms. The number of hydrogen-bond acceptors (Lipinski definition) is 4. The van der Waals surface area contributed by atoms with Crippen LogP contribution in [0.2, 0.25) is 0 Å². The first-order chi connectivity index (χ1) is 15.4. The summed E-state index contributed by atoms with van der Waals surface area (Å²) < 4.78 is 0. The zero-order chi connectivity index (χ0) is 23.0. The van der Waals surface area contributed by atoms with Crippen molar-refractivity contribution in [3.05, 3.63) is 42.3 Å². The van der Waals surface area contributed by atoms with Crippen molar-refractivity contribution in [2.75, 3.05) is 32.8 Å². The number of benzene rings is 1. The molecular formula is C26H41N3O4. The van der Waals surface area contributed by atoms with Crippen molar-refractivity contribution in [2.45, 2.75) is 64.8 Å². The van der Waals surface area contributed by atoms with Crippen molar-refractivity contribution in [1.29, 1.82) is 0 Å². The molecule has 7 heteroatoms. The Morgan fingerprint density at radius 1 is 1.15 bits per heavy atom. The van der Waals surface area contributed by atoms with E-state index in [0.717, 1.165) is 29.2 Å². The highest BCUT2D eigenvalue weighted by atomic mass is 16.4. The van der Waals surface area contributed by atoms with E-state index < -0.39 is 6.09 Å². The number of fused-ring (bicyclic) bond motifs is 2. The fourth-order valence-corrected chi connectivity index (χ4v) is 5.61. The molecule has 3 rings (SSSR count). The summed E-state index contributed by atoms with van der Waals surface area (Å²) in [5.74, 6) is 0.855. The van der Waals surface area contributed by atoms with E-state index in [4.69, 9.17) is 5.11 Å². The fourth-order valence-electron chi connectivity index (χ4n) is 5.61. The van der Waals surface area contributed by atoms with Crippen LogP contribution >= 0.6 is 0 Å². The third kappa shape index (κ3) is 8.00. The number of amides is 2. The summed E-state index contributed by atoms with van der Waals surface area (Å²) in [4.78, 5) is 25.8. The minimum absolute atomic E-state index is 0. The van der Waals surface area contributed by atoms with E-state index in [-0.39, 0.29) is 19.9 Å². The SMILES string of the molecule is Cc1ccc(CN(CCO)CCCNC(=O)O)cc1C(=O)NCC12CCCC(CCC1)C2.[CH2]. The van der Waals surface area contributed by atoms with Gasteiger partial charge in [0.1, 0.15) is 0 Å². The number of hydrogen-bond donors (Lipinski definition) is 4. The summed E-state index contributed by atoms with van der Waals surface area (Å²) in [6, 6.07) is 5.98. The Morgan fingerprint density at radius 2 is 1.88 bits per heavy atom. The van der Waals surface area contributed by atoms with Crippen LogP contribution in [0.3, 0.4) is 0 Å². The molecule has 2 amide bonds. The van der Waals surface area contributed by atoms with Crippen LogP contribution in [0.4, 0.5) is 4.79 Å². The maximum atomic E-state index is 13.1. The molecule has 2 aliphatic carbocycles. The first-order valence-corrected chi connectivity index (χ1v) is 12.1. The molecule has 7 nitrogen and oxygen atoms in total. The molecule has 0 saturated heterocycles. The van der Waals surface area contributed by atoms with Gasteiger partial charge in [-0.2, -0.15) is 0 Å². The van der Waals surface area contributed by atoms with Gasteiger partial charge in [-0.1, -0.05) is 45.2 Å². The Morgan fingerprint density at radius 3 is 2.55 bits per heavy atom. The van der Waals surface area contributed by atoms with Crippen molar-refractivity contribution in [3.8, 4) is 0 Å². The summed E-state index contributed by atoms with van der Waals surface area (Å²) in [6.07, 6.45) is 8.65. The smallest absolute Gasteiger partial charge is 0.404 e. The van der Waals surface area contributed by atoms with Crippen molar-refractivity contribution in [1.82, 2.24) is 15.5 Å². The number of aryl methyl sites for hydroxylation is 1. The van der Waals surface area contributed by atoms with Gasteiger partial charge in [-0.25, -0.2) is 4.79 Å². The van der Waals surface area contributed by atoms with Gasteiger partial charge >= 0.3 is 6.09 Å².